The number of carbonyl (C=O) groups is 1. The van der Waals surface area contributed by atoms with Crippen LogP contribution in [-0.4, -0.2) is 50.1 Å². The van der Waals surface area contributed by atoms with Crippen LogP contribution in [0.1, 0.15) is 47.6 Å². The quantitative estimate of drug-likeness (QED) is 0.432. The van der Waals surface area contributed by atoms with E-state index in [1.54, 1.807) is 10.6 Å². The van der Waals surface area contributed by atoms with Crippen LogP contribution in [-0.2, 0) is 7.05 Å². The van der Waals surface area contributed by atoms with Crippen molar-refractivity contribution < 1.29 is 9.18 Å². The highest BCUT2D eigenvalue weighted by molar-refractivity contribution is 6.00. The van der Waals surface area contributed by atoms with Crippen LogP contribution >= 0.6 is 0 Å². The number of hydrogen-bond acceptors (Lipinski definition) is 5. The van der Waals surface area contributed by atoms with Gasteiger partial charge < -0.3 is 25.1 Å². The molecule has 9 heteroatoms. The Balaban J connectivity index is 1.28. The molecule has 4 aliphatic rings. The summed E-state index contributed by atoms with van der Waals surface area (Å²) < 4.78 is 19.7. The zero-order valence-electron chi connectivity index (χ0n) is 21.1. The highest BCUT2D eigenvalue weighted by atomic mass is 19.1. The zero-order valence-corrected chi connectivity index (χ0v) is 21.1. The second-order valence-electron chi connectivity index (χ2n) is 11.5. The van der Waals surface area contributed by atoms with Gasteiger partial charge in [-0.05, 0) is 61.8 Å². The van der Waals surface area contributed by atoms with E-state index in [-0.39, 0.29) is 24.0 Å². The Kier molecular flexibility index (Phi) is 4.41. The number of likely N-dealkylation sites (tertiary alicyclic amines) is 1. The number of benzene rings is 2. The van der Waals surface area contributed by atoms with Crippen molar-refractivity contribution in [3.63, 3.8) is 0 Å². The fourth-order valence-electron chi connectivity index (χ4n) is 7.36. The molecule has 0 spiro atoms. The van der Waals surface area contributed by atoms with Crippen LogP contribution in [0.2, 0.25) is 0 Å². The van der Waals surface area contributed by atoms with Crippen LogP contribution in [0.5, 0.6) is 0 Å². The first-order valence-corrected chi connectivity index (χ1v) is 13.5. The van der Waals surface area contributed by atoms with Crippen LogP contribution in [0.25, 0.3) is 33.5 Å². The summed E-state index contributed by atoms with van der Waals surface area (Å²) in [6, 6.07) is 11.6. The molecule has 2 saturated carbocycles. The lowest BCUT2D eigenvalue weighted by Crippen LogP contribution is -2.41. The molecule has 3 N–H and O–H groups in total. The lowest BCUT2D eigenvalue weighted by Gasteiger charge is -2.29. The number of nitrogens with two attached hydrogens (primary N) is 1. The Labute approximate surface area is 218 Å². The van der Waals surface area contributed by atoms with E-state index < -0.39 is 5.82 Å². The number of aromatic nitrogens is 3. The summed E-state index contributed by atoms with van der Waals surface area (Å²) in [4.78, 5) is 20.2. The van der Waals surface area contributed by atoms with E-state index in [1.807, 2.05) is 24.1 Å². The lowest BCUT2D eigenvalue weighted by atomic mass is 10.1. The lowest BCUT2D eigenvalue weighted by molar-refractivity contribution is 0.0700. The fourth-order valence-corrected chi connectivity index (χ4v) is 7.36. The van der Waals surface area contributed by atoms with Crippen LogP contribution in [0, 0.1) is 29.0 Å². The van der Waals surface area contributed by atoms with Gasteiger partial charge in [0.25, 0.3) is 5.91 Å². The fraction of sp³-hybridized carbons (Fsp3) is 0.414. The van der Waals surface area contributed by atoms with Crippen molar-refractivity contribution in [2.75, 3.05) is 18.4 Å². The molecule has 2 aromatic carbocycles. The van der Waals surface area contributed by atoms with E-state index in [0.29, 0.717) is 46.4 Å². The largest absolute Gasteiger partial charge is 0.380 e. The first kappa shape index (κ1) is 22.1. The predicted octanol–water partition coefficient (Wildman–Crippen LogP) is 4.14. The van der Waals surface area contributed by atoms with Crippen molar-refractivity contribution in [2.45, 2.75) is 43.8 Å². The number of imidazole rings is 1. The Morgan fingerprint density at radius 1 is 1.13 bits per heavy atom. The van der Waals surface area contributed by atoms with E-state index in [0.717, 1.165) is 41.7 Å². The molecule has 4 atom stereocenters. The number of nitrogens with zero attached hydrogens (tertiary/aromatic N) is 5. The SMILES string of the molecule is Cn1c(-c2cc3ccc(C#N)c4c3n2C(C2CC2)CN4)nc2cc(C(=O)N3C[C@H]4CC[C@@H]3[C@@H]4N)cc(F)c21. The third-order valence-electron chi connectivity index (χ3n) is 9.42. The van der Waals surface area contributed by atoms with Gasteiger partial charge >= 0.3 is 0 Å². The number of rotatable bonds is 3. The monoisotopic (exact) mass is 509 g/mol. The number of carbonyl (C=O) groups excluding carboxylic acids is 1. The summed E-state index contributed by atoms with van der Waals surface area (Å²) in [6.45, 7) is 1.38. The maximum Gasteiger partial charge on any atom is 0.254 e. The summed E-state index contributed by atoms with van der Waals surface area (Å²) in [7, 11) is 1.83. The second-order valence-corrected chi connectivity index (χ2v) is 11.5. The standard InChI is InChI=1S/C29H28FN7O/c1-35-27-19(30)8-18(29(38)36-13-17-6-7-21(36)24(17)32)9-20(27)34-28(35)22-10-15-4-5-16(11-31)25-26(15)37(22)23(12-33-25)14-2-3-14/h4-5,8-10,14,17,21,23-24,33H,2-3,6-7,12-13,32H2,1H3/t17-,21-,23?,24-/m1/s1. The summed E-state index contributed by atoms with van der Waals surface area (Å²) in [5.74, 6) is 0.924. The predicted molar refractivity (Wildman–Crippen MR) is 142 cm³/mol. The van der Waals surface area contributed by atoms with Gasteiger partial charge in [-0.2, -0.15) is 5.26 Å². The molecule has 2 aromatic heterocycles. The third kappa shape index (κ3) is 2.86. The normalized spacial score (nSPS) is 25.8. The van der Waals surface area contributed by atoms with Gasteiger partial charge in [0.2, 0.25) is 0 Å². The topological polar surface area (TPSA) is 105 Å². The van der Waals surface area contributed by atoms with Gasteiger partial charge in [-0.1, -0.05) is 6.07 Å². The molecule has 1 amide bonds. The summed E-state index contributed by atoms with van der Waals surface area (Å²) >= 11 is 0. The smallest absolute Gasteiger partial charge is 0.254 e. The molecule has 192 valence electrons. The third-order valence-corrected chi connectivity index (χ3v) is 9.42. The molecule has 1 unspecified atom stereocenters. The van der Waals surface area contributed by atoms with Crippen LogP contribution in [0.3, 0.4) is 0 Å². The molecule has 0 radical (unpaired) electrons. The van der Waals surface area contributed by atoms with Crippen molar-refractivity contribution in [1.82, 2.24) is 19.0 Å². The number of fused-ring (bicyclic) bond motifs is 3. The number of nitriles is 1. The van der Waals surface area contributed by atoms with E-state index in [9.17, 15) is 10.1 Å². The molecule has 8 rings (SSSR count). The van der Waals surface area contributed by atoms with E-state index >= 15 is 4.39 Å². The van der Waals surface area contributed by atoms with E-state index in [1.165, 1.54) is 18.9 Å². The number of hydrogen-bond donors (Lipinski definition) is 2. The molecular weight excluding hydrogens is 481 g/mol. The van der Waals surface area contributed by atoms with Crippen molar-refractivity contribution >= 4 is 33.5 Å². The summed E-state index contributed by atoms with van der Waals surface area (Å²) in [6.07, 6.45) is 4.30. The van der Waals surface area contributed by atoms with Gasteiger partial charge in [0, 0.05) is 43.2 Å². The molecule has 4 aromatic rings. The number of anilines is 1. The van der Waals surface area contributed by atoms with E-state index in [4.69, 9.17) is 10.7 Å². The maximum absolute atomic E-state index is 15.6. The zero-order chi connectivity index (χ0) is 25.9. The van der Waals surface area contributed by atoms with Crippen LogP contribution < -0.4 is 11.1 Å². The Morgan fingerprint density at radius 2 is 1.95 bits per heavy atom. The Morgan fingerprint density at radius 3 is 2.66 bits per heavy atom. The number of nitrogens with one attached hydrogen (secondary N) is 1. The Bertz CT molecular complexity index is 1720. The number of amides is 1. The number of piperidine rings is 1. The molecule has 2 aliphatic carbocycles. The minimum Gasteiger partial charge on any atom is -0.380 e. The average Bonchev–Trinajstić information content (AvgIpc) is 3.37. The number of aryl methyl sites for hydroxylation is 1. The summed E-state index contributed by atoms with van der Waals surface area (Å²) in [5.41, 5.74) is 10.9. The molecule has 8 nitrogen and oxygen atoms in total. The van der Waals surface area contributed by atoms with Gasteiger partial charge in [-0.25, -0.2) is 9.37 Å². The minimum atomic E-state index is -0.455. The molecule has 38 heavy (non-hydrogen) atoms. The van der Waals surface area contributed by atoms with Crippen molar-refractivity contribution in [2.24, 2.45) is 24.6 Å². The van der Waals surface area contributed by atoms with Gasteiger partial charge in [0.15, 0.2) is 5.82 Å². The molecule has 3 fully saturated rings. The van der Waals surface area contributed by atoms with Crippen molar-refractivity contribution in [3.8, 4) is 17.6 Å². The van der Waals surface area contributed by atoms with Crippen molar-refractivity contribution in [3.05, 3.63) is 47.3 Å². The second kappa shape index (κ2) is 7.58. The van der Waals surface area contributed by atoms with Gasteiger partial charge in [-0.3, -0.25) is 4.79 Å². The van der Waals surface area contributed by atoms with Crippen molar-refractivity contribution in [1.29, 1.82) is 5.26 Å². The highest BCUT2D eigenvalue weighted by Gasteiger charge is 2.47. The first-order chi connectivity index (χ1) is 18.4. The van der Waals surface area contributed by atoms with Crippen LogP contribution in [0.4, 0.5) is 10.1 Å². The first-order valence-electron chi connectivity index (χ1n) is 13.5. The highest BCUT2D eigenvalue weighted by Crippen LogP contribution is 2.48. The Hall–Kier alpha value is -3.90. The van der Waals surface area contributed by atoms with Crippen LogP contribution in [0.15, 0.2) is 30.3 Å². The van der Waals surface area contributed by atoms with Gasteiger partial charge in [-0.15, -0.1) is 0 Å². The minimum absolute atomic E-state index is 0.00908. The number of halogens is 1. The molecular formula is C29H28FN7O. The van der Waals surface area contributed by atoms with Gasteiger partial charge in [0.05, 0.1) is 34.0 Å². The van der Waals surface area contributed by atoms with Gasteiger partial charge in [0.1, 0.15) is 17.4 Å². The molecule has 2 aliphatic heterocycles. The van der Waals surface area contributed by atoms with E-state index in [2.05, 4.69) is 22.0 Å². The average molecular weight is 510 g/mol. The maximum atomic E-state index is 15.6. The summed E-state index contributed by atoms with van der Waals surface area (Å²) in [5, 5.41) is 14.2. The molecule has 1 saturated heterocycles. The molecule has 2 bridgehead atoms. The molecule has 4 heterocycles.